The lowest BCUT2D eigenvalue weighted by Gasteiger charge is -2.39. The fourth-order valence-electron chi connectivity index (χ4n) is 3.80. The maximum absolute atomic E-state index is 12.3. The summed E-state index contributed by atoms with van der Waals surface area (Å²) < 4.78 is 28.7. The van der Waals surface area contributed by atoms with Crippen molar-refractivity contribution in [1.82, 2.24) is 0 Å². The molecule has 0 N–H and O–H groups in total. The van der Waals surface area contributed by atoms with Gasteiger partial charge in [-0.1, -0.05) is 78.9 Å². The van der Waals surface area contributed by atoms with Gasteiger partial charge in [-0.15, -0.1) is 4.40 Å². The highest BCUT2D eigenvalue weighted by molar-refractivity contribution is 7.89. The van der Waals surface area contributed by atoms with Crippen LogP contribution in [0.15, 0.2) is 94.3 Å². The minimum absolute atomic E-state index is 0.230. The van der Waals surface area contributed by atoms with Crippen LogP contribution in [0.25, 0.3) is 0 Å². The molecule has 6 heteroatoms. The second kappa shape index (κ2) is 7.54. The van der Waals surface area contributed by atoms with E-state index in [1.165, 1.54) is 0 Å². The molecule has 0 fully saturated rings. The lowest BCUT2D eigenvalue weighted by molar-refractivity contribution is 0.597. The molecule has 0 aliphatic carbocycles. The standard InChI is InChI=1S/C24H23N3O2S/c1-24(19-14-8-5-9-15-19)23(26-30(3,28)29)25-22(18-12-6-4-7-13-18)20-16-10-11-17-21(20)27(24)2/h4-17H,1-3H3/b26-23-. The van der Waals surface area contributed by atoms with Crippen LogP contribution < -0.4 is 4.90 Å². The first-order chi connectivity index (χ1) is 14.3. The summed E-state index contributed by atoms with van der Waals surface area (Å²) in [5.41, 5.74) is 3.48. The van der Waals surface area contributed by atoms with Crippen LogP contribution in [0, 0.1) is 0 Å². The van der Waals surface area contributed by atoms with E-state index in [-0.39, 0.29) is 5.84 Å². The summed E-state index contributed by atoms with van der Waals surface area (Å²) in [6, 6.07) is 27.5. The van der Waals surface area contributed by atoms with Gasteiger partial charge in [0.15, 0.2) is 5.84 Å². The number of benzodiazepines with no additional fused rings is 1. The number of likely N-dealkylation sites (N-methyl/N-ethyl adjacent to an activating group) is 1. The monoisotopic (exact) mass is 417 g/mol. The molecular weight excluding hydrogens is 394 g/mol. The van der Waals surface area contributed by atoms with Crippen LogP contribution in [0.1, 0.15) is 23.6 Å². The van der Waals surface area contributed by atoms with E-state index < -0.39 is 15.6 Å². The fraction of sp³-hybridized carbons (Fsp3) is 0.167. The van der Waals surface area contributed by atoms with E-state index in [0.29, 0.717) is 5.71 Å². The Hall–Kier alpha value is -3.25. The number of aliphatic imine (C=N–C) groups is 1. The van der Waals surface area contributed by atoms with Gasteiger partial charge in [-0.25, -0.2) is 13.4 Å². The zero-order valence-corrected chi connectivity index (χ0v) is 18.0. The predicted octanol–water partition coefficient (Wildman–Crippen LogP) is 4.25. The third-order valence-corrected chi connectivity index (χ3v) is 5.98. The van der Waals surface area contributed by atoms with Gasteiger partial charge in [0, 0.05) is 23.9 Å². The van der Waals surface area contributed by atoms with Crippen molar-refractivity contribution in [3.63, 3.8) is 0 Å². The predicted molar refractivity (Wildman–Crippen MR) is 123 cm³/mol. The van der Waals surface area contributed by atoms with E-state index >= 15 is 0 Å². The van der Waals surface area contributed by atoms with Crippen molar-refractivity contribution >= 4 is 27.3 Å². The number of benzene rings is 3. The van der Waals surface area contributed by atoms with Crippen LogP contribution in [0.2, 0.25) is 0 Å². The zero-order chi connectivity index (χ0) is 21.4. The maximum atomic E-state index is 12.3. The molecule has 1 aliphatic rings. The van der Waals surface area contributed by atoms with Crippen LogP contribution in [-0.2, 0) is 15.6 Å². The number of nitrogens with zero attached hydrogens (tertiary/aromatic N) is 3. The number of anilines is 1. The van der Waals surface area contributed by atoms with E-state index in [1.807, 2.05) is 98.9 Å². The van der Waals surface area contributed by atoms with Gasteiger partial charge in [0.2, 0.25) is 0 Å². The SMILES string of the molecule is CN1c2ccccc2C(c2ccccc2)=N/C(=N\S(C)(=O)=O)C1(C)c1ccccc1. The molecule has 0 radical (unpaired) electrons. The van der Waals surface area contributed by atoms with E-state index in [1.54, 1.807) is 0 Å². The lowest BCUT2D eigenvalue weighted by Crippen LogP contribution is -2.47. The Labute approximate surface area is 177 Å². The molecular formula is C24H23N3O2S. The third kappa shape index (κ3) is 3.55. The molecule has 0 saturated carbocycles. The molecule has 0 bridgehead atoms. The van der Waals surface area contributed by atoms with Crippen molar-refractivity contribution < 1.29 is 8.42 Å². The molecule has 1 atom stereocenters. The van der Waals surface area contributed by atoms with Gasteiger partial charge in [-0.3, -0.25) is 0 Å². The Morgan fingerprint density at radius 1 is 0.867 bits per heavy atom. The molecule has 3 aromatic carbocycles. The normalized spacial score (nSPS) is 20.4. The van der Waals surface area contributed by atoms with Crippen molar-refractivity contribution in [1.29, 1.82) is 0 Å². The number of sulfonamides is 1. The number of hydrogen-bond acceptors (Lipinski definition) is 3. The number of hydrogen-bond donors (Lipinski definition) is 0. The molecule has 1 heterocycles. The first kappa shape index (κ1) is 20.0. The first-order valence-electron chi connectivity index (χ1n) is 9.64. The molecule has 0 amide bonds. The van der Waals surface area contributed by atoms with E-state index in [9.17, 15) is 8.42 Å². The van der Waals surface area contributed by atoms with Crippen LogP contribution in [0.5, 0.6) is 0 Å². The molecule has 5 nitrogen and oxygen atoms in total. The summed E-state index contributed by atoms with van der Waals surface area (Å²) in [6.07, 6.45) is 1.10. The molecule has 4 rings (SSSR count). The molecule has 0 aromatic heterocycles. The zero-order valence-electron chi connectivity index (χ0n) is 17.1. The third-order valence-electron chi connectivity index (χ3n) is 5.48. The Balaban J connectivity index is 2.11. The van der Waals surface area contributed by atoms with Gasteiger partial charge in [-0.05, 0) is 18.6 Å². The summed E-state index contributed by atoms with van der Waals surface area (Å²) in [5, 5.41) is 0. The minimum atomic E-state index is -3.68. The van der Waals surface area contributed by atoms with E-state index in [4.69, 9.17) is 4.99 Å². The summed E-state index contributed by atoms with van der Waals surface area (Å²) in [5.74, 6) is 0.230. The van der Waals surface area contributed by atoms with Gasteiger partial charge >= 0.3 is 0 Å². The largest absolute Gasteiger partial charge is 0.358 e. The number of para-hydroxylation sites is 1. The molecule has 30 heavy (non-hydrogen) atoms. The summed E-state index contributed by atoms with van der Waals surface area (Å²) in [4.78, 5) is 6.95. The summed E-state index contributed by atoms with van der Waals surface area (Å²) >= 11 is 0. The van der Waals surface area contributed by atoms with Crippen molar-refractivity contribution in [3.05, 3.63) is 102 Å². The van der Waals surface area contributed by atoms with Crippen molar-refractivity contribution in [2.45, 2.75) is 12.5 Å². The van der Waals surface area contributed by atoms with E-state index in [2.05, 4.69) is 9.30 Å². The molecule has 1 aliphatic heterocycles. The second-order valence-corrected chi connectivity index (χ2v) is 9.14. The molecule has 152 valence electrons. The highest BCUT2D eigenvalue weighted by Crippen LogP contribution is 2.39. The average molecular weight is 418 g/mol. The Morgan fingerprint density at radius 3 is 2.07 bits per heavy atom. The topological polar surface area (TPSA) is 62.1 Å². The quantitative estimate of drug-likeness (QED) is 0.640. The lowest BCUT2D eigenvalue weighted by atomic mass is 9.88. The van der Waals surface area contributed by atoms with Gasteiger partial charge in [0.1, 0.15) is 5.54 Å². The van der Waals surface area contributed by atoms with Crippen molar-refractivity contribution in [2.75, 3.05) is 18.2 Å². The van der Waals surface area contributed by atoms with Crippen LogP contribution in [0.3, 0.4) is 0 Å². The molecule has 0 saturated heterocycles. The van der Waals surface area contributed by atoms with Crippen LogP contribution >= 0.6 is 0 Å². The Bertz CT molecular complexity index is 1240. The summed E-state index contributed by atoms with van der Waals surface area (Å²) in [6.45, 7) is 1.96. The number of amidine groups is 1. The van der Waals surface area contributed by atoms with Gasteiger partial charge < -0.3 is 4.90 Å². The fourth-order valence-corrected chi connectivity index (χ4v) is 4.33. The number of rotatable bonds is 3. The Morgan fingerprint density at radius 2 is 1.43 bits per heavy atom. The molecule has 1 unspecified atom stereocenters. The maximum Gasteiger partial charge on any atom is 0.252 e. The van der Waals surface area contributed by atoms with Crippen LogP contribution in [0.4, 0.5) is 5.69 Å². The van der Waals surface area contributed by atoms with E-state index in [0.717, 1.165) is 28.6 Å². The van der Waals surface area contributed by atoms with Crippen molar-refractivity contribution in [3.8, 4) is 0 Å². The highest BCUT2D eigenvalue weighted by Gasteiger charge is 2.41. The Kier molecular flexibility index (Phi) is 5.03. The summed E-state index contributed by atoms with van der Waals surface area (Å²) in [7, 11) is -1.73. The van der Waals surface area contributed by atoms with Gasteiger partial charge in [0.05, 0.1) is 12.0 Å². The number of fused-ring (bicyclic) bond motifs is 1. The average Bonchev–Trinajstić information content (AvgIpc) is 2.84. The van der Waals surface area contributed by atoms with Crippen molar-refractivity contribution in [2.24, 2.45) is 9.39 Å². The second-order valence-electron chi connectivity index (χ2n) is 7.49. The van der Waals surface area contributed by atoms with Gasteiger partial charge in [-0.2, -0.15) is 0 Å². The smallest absolute Gasteiger partial charge is 0.252 e. The van der Waals surface area contributed by atoms with Crippen LogP contribution in [-0.4, -0.2) is 33.3 Å². The van der Waals surface area contributed by atoms with Gasteiger partial charge in [0.25, 0.3) is 10.0 Å². The first-order valence-corrected chi connectivity index (χ1v) is 11.5. The minimum Gasteiger partial charge on any atom is -0.358 e. The molecule has 3 aromatic rings. The molecule has 0 spiro atoms. The highest BCUT2D eigenvalue weighted by atomic mass is 32.2.